The highest BCUT2D eigenvalue weighted by molar-refractivity contribution is 5.28. The van der Waals surface area contributed by atoms with Crippen LogP contribution < -0.4 is 5.32 Å². The normalized spacial score (nSPS) is 36.2. The van der Waals surface area contributed by atoms with Crippen LogP contribution in [0.2, 0.25) is 0 Å². The molecule has 2 fully saturated rings. The zero-order valence-electron chi connectivity index (χ0n) is 13.1. The lowest BCUT2D eigenvalue weighted by Crippen LogP contribution is -2.50. The zero-order chi connectivity index (χ0) is 14.5. The molecule has 20 heavy (non-hydrogen) atoms. The molecular formula is C18H27NO. The highest BCUT2D eigenvalue weighted by Gasteiger charge is 2.59. The molecular weight excluding hydrogens is 246 g/mol. The number of rotatable bonds is 3. The van der Waals surface area contributed by atoms with Crippen molar-refractivity contribution < 1.29 is 5.11 Å². The lowest BCUT2D eigenvalue weighted by Gasteiger charge is -2.44. The van der Waals surface area contributed by atoms with Crippen LogP contribution in [-0.2, 0) is 0 Å². The van der Waals surface area contributed by atoms with E-state index in [0.717, 1.165) is 5.92 Å². The SMILES string of the molecule is CC(NC1C2(C)CCC(C2)C1(C)C)c1ccc(O)cc1. The minimum atomic E-state index is 0.330. The fourth-order valence-corrected chi connectivity index (χ4v) is 4.83. The van der Waals surface area contributed by atoms with E-state index in [1.54, 1.807) is 12.1 Å². The van der Waals surface area contributed by atoms with Crippen molar-refractivity contribution in [2.75, 3.05) is 0 Å². The number of nitrogens with one attached hydrogen (secondary N) is 1. The van der Waals surface area contributed by atoms with Crippen LogP contribution in [0.3, 0.4) is 0 Å². The third-order valence-corrected chi connectivity index (χ3v) is 6.08. The second-order valence-corrected chi connectivity index (χ2v) is 7.83. The van der Waals surface area contributed by atoms with Gasteiger partial charge in [-0.1, -0.05) is 32.9 Å². The summed E-state index contributed by atoms with van der Waals surface area (Å²) in [5.41, 5.74) is 2.10. The second-order valence-electron chi connectivity index (χ2n) is 7.83. The number of hydrogen-bond acceptors (Lipinski definition) is 2. The van der Waals surface area contributed by atoms with Crippen LogP contribution in [-0.4, -0.2) is 11.1 Å². The van der Waals surface area contributed by atoms with Crippen LogP contribution in [0, 0.1) is 16.7 Å². The molecule has 4 unspecified atom stereocenters. The summed E-state index contributed by atoms with van der Waals surface area (Å²) < 4.78 is 0. The van der Waals surface area contributed by atoms with Crippen molar-refractivity contribution >= 4 is 0 Å². The Kier molecular flexibility index (Phi) is 3.13. The second kappa shape index (κ2) is 4.49. The van der Waals surface area contributed by atoms with Gasteiger partial charge in [0.15, 0.2) is 0 Å². The first-order valence-corrected chi connectivity index (χ1v) is 7.88. The predicted octanol–water partition coefficient (Wildman–Crippen LogP) is 4.26. The molecule has 0 saturated heterocycles. The van der Waals surface area contributed by atoms with Crippen molar-refractivity contribution in [3.63, 3.8) is 0 Å². The maximum Gasteiger partial charge on any atom is 0.115 e. The Morgan fingerprint density at radius 2 is 1.85 bits per heavy atom. The van der Waals surface area contributed by atoms with Gasteiger partial charge in [-0.15, -0.1) is 0 Å². The van der Waals surface area contributed by atoms with Crippen molar-refractivity contribution in [3.8, 4) is 5.75 Å². The van der Waals surface area contributed by atoms with Gasteiger partial charge < -0.3 is 10.4 Å². The van der Waals surface area contributed by atoms with Crippen LogP contribution in [0.5, 0.6) is 5.75 Å². The van der Waals surface area contributed by atoms with E-state index in [1.165, 1.54) is 24.8 Å². The molecule has 0 aromatic heterocycles. The van der Waals surface area contributed by atoms with Crippen molar-refractivity contribution in [2.45, 2.75) is 59.0 Å². The van der Waals surface area contributed by atoms with Gasteiger partial charge in [-0.05, 0) is 60.6 Å². The molecule has 1 aromatic carbocycles. The molecule has 3 rings (SSSR count). The van der Waals surface area contributed by atoms with E-state index in [-0.39, 0.29) is 0 Å². The number of phenols is 1. The van der Waals surface area contributed by atoms with Gasteiger partial charge in [-0.25, -0.2) is 0 Å². The van der Waals surface area contributed by atoms with Crippen molar-refractivity contribution in [2.24, 2.45) is 16.7 Å². The summed E-state index contributed by atoms with van der Waals surface area (Å²) in [6.07, 6.45) is 4.14. The zero-order valence-corrected chi connectivity index (χ0v) is 13.1. The fourth-order valence-electron chi connectivity index (χ4n) is 4.83. The quantitative estimate of drug-likeness (QED) is 0.862. The first-order valence-electron chi connectivity index (χ1n) is 7.88. The summed E-state index contributed by atoms with van der Waals surface area (Å²) in [4.78, 5) is 0. The van der Waals surface area contributed by atoms with Crippen molar-refractivity contribution in [1.29, 1.82) is 0 Å². The minimum Gasteiger partial charge on any atom is -0.508 e. The Labute approximate surface area is 122 Å². The lowest BCUT2D eigenvalue weighted by molar-refractivity contribution is 0.100. The molecule has 2 N–H and O–H groups in total. The van der Waals surface area contributed by atoms with E-state index in [2.05, 4.69) is 33.0 Å². The van der Waals surface area contributed by atoms with Gasteiger partial charge in [0.25, 0.3) is 0 Å². The Bertz CT molecular complexity index is 488. The number of hydrogen-bond donors (Lipinski definition) is 2. The Hall–Kier alpha value is -1.02. The molecule has 1 aromatic rings. The standard InChI is InChI=1S/C18H27NO/c1-12(13-5-7-15(20)8-6-13)19-16-17(2,3)14-9-10-18(16,4)11-14/h5-8,12,14,16,19-20H,9-11H2,1-4H3. The lowest BCUT2D eigenvalue weighted by atomic mass is 9.68. The van der Waals surface area contributed by atoms with E-state index < -0.39 is 0 Å². The van der Waals surface area contributed by atoms with Crippen LogP contribution >= 0.6 is 0 Å². The smallest absolute Gasteiger partial charge is 0.115 e. The van der Waals surface area contributed by atoms with E-state index in [9.17, 15) is 5.11 Å². The molecule has 0 aliphatic heterocycles. The van der Waals surface area contributed by atoms with Gasteiger partial charge in [-0.2, -0.15) is 0 Å². The summed E-state index contributed by atoms with van der Waals surface area (Å²) in [6, 6.07) is 8.52. The highest BCUT2D eigenvalue weighted by atomic mass is 16.3. The summed E-state index contributed by atoms with van der Waals surface area (Å²) in [6.45, 7) is 9.56. The van der Waals surface area contributed by atoms with E-state index in [1.807, 2.05) is 12.1 Å². The fraction of sp³-hybridized carbons (Fsp3) is 0.667. The molecule has 2 aliphatic carbocycles. The monoisotopic (exact) mass is 273 g/mol. The Balaban J connectivity index is 1.78. The summed E-state index contributed by atoms with van der Waals surface area (Å²) in [5.74, 6) is 1.21. The minimum absolute atomic E-state index is 0.330. The third-order valence-electron chi connectivity index (χ3n) is 6.08. The first kappa shape index (κ1) is 13.9. The molecule has 2 nitrogen and oxygen atoms in total. The summed E-state index contributed by atoms with van der Waals surface area (Å²) in [5, 5.41) is 13.3. The topological polar surface area (TPSA) is 32.3 Å². The molecule has 2 heteroatoms. The van der Waals surface area contributed by atoms with Crippen LogP contribution in [0.15, 0.2) is 24.3 Å². The molecule has 2 bridgehead atoms. The predicted molar refractivity (Wildman–Crippen MR) is 82.7 cm³/mol. The molecule has 0 amide bonds. The molecule has 2 aliphatic rings. The average molecular weight is 273 g/mol. The average Bonchev–Trinajstić information content (AvgIpc) is 2.86. The Morgan fingerprint density at radius 1 is 1.20 bits per heavy atom. The van der Waals surface area contributed by atoms with E-state index in [0.29, 0.717) is 28.7 Å². The molecule has 110 valence electrons. The number of fused-ring (bicyclic) bond motifs is 2. The largest absolute Gasteiger partial charge is 0.508 e. The van der Waals surface area contributed by atoms with Gasteiger partial charge in [0.05, 0.1) is 0 Å². The first-order chi connectivity index (χ1) is 9.33. The summed E-state index contributed by atoms with van der Waals surface area (Å²) in [7, 11) is 0. The van der Waals surface area contributed by atoms with Crippen molar-refractivity contribution in [3.05, 3.63) is 29.8 Å². The number of aromatic hydroxyl groups is 1. The van der Waals surface area contributed by atoms with Gasteiger partial charge in [0.1, 0.15) is 5.75 Å². The summed E-state index contributed by atoms with van der Waals surface area (Å²) >= 11 is 0. The van der Waals surface area contributed by atoms with Gasteiger partial charge in [0.2, 0.25) is 0 Å². The molecule has 0 radical (unpaired) electrons. The van der Waals surface area contributed by atoms with Crippen LogP contribution in [0.4, 0.5) is 0 Å². The van der Waals surface area contributed by atoms with Crippen LogP contribution in [0.25, 0.3) is 0 Å². The molecule has 2 saturated carbocycles. The van der Waals surface area contributed by atoms with Gasteiger partial charge in [0, 0.05) is 12.1 Å². The molecule has 0 heterocycles. The van der Waals surface area contributed by atoms with Crippen molar-refractivity contribution in [1.82, 2.24) is 5.32 Å². The number of benzene rings is 1. The molecule has 0 spiro atoms. The van der Waals surface area contributed by atoms with Gasteiger partial charge in [-0.3, -0.25) is 0 Å². The van der Waals surface area contributed by atoms with E-state index >= 15 is 0 Å². The molecule has 4 atom stereocenters. The number of phenolic OH excluding ortho intramolecular Hbond substituents is 1. The maximum atomic E-state index is 9.41. The highest BCUT2D eigenvalue weighted by Crippen LogP contribution is 2.62. The maximum absolute atomic E-state index is 9.41. The third kappa shape index (κ3) is 2.05. The van der Waals surface area contributed by atoms with E-state index in [4.69, 9.17) is 0 Å². The van der Waals surface area contributed by atoms with Gasteiger partial charge >= 0.3 is 0 Å². The van der Waals surface area contributed by atoms with Crippen LogP contribution in [0.1, 0.15) is 58.6 Å². The Morgan fingerprint density at radius 3 is 2.40 bits per heavy atom.